The first-order chi connectivity index (χ1) is 16.9. The highest BCUT2D eigenvalue weighted by Crippen LogP contribution is 2.36. The molecule has 8 heteroatoms. The van der Waals surface area contributed by atoms with Crippen LogP contribution in [-0.2, 0) is 16.1 Å². The summed E-state index contributed by atoms with van der Waals surface area (Å²) < 4.78 is 0. The fraction of sp³-hybridized carbons (Fsp3) is 0.667. The number of likely N-dealkylation sites (tertiary alicyclic amines) is 1. The Hall–Kier alpha value is -2.45. The number of carboxylic acid groups (broad SMARTS) is 1. The first-order valence-electron chi connectivity index (χ1n) is 13.2. The van der Waals surface area contributed by atoms with E-state index in [0.29, 0.717) is 39.0 Å². The maximum absolute atomic E-state index is 13.7. The number of aliphatic hydroxyl groups is 1. The second-order valence-electron chi connectivity index (χ2n) is 10.5. The number of hydrogen-bond donors (Lipinski definition) is 3. The Labute approximate surface area is 207 Å². The number of piperazine rings is 1. The Kier molecular flexibility index (Phi) is 8.12. The molecular weight excluding hydrogens is 446 g/mol. The van der Waals surface area contributed by atoms with E-state index in [0.717, 1.165) is 44.1 Å². The molecule has 4 rings (SSSR count). The van der Waals surface area contributed by atoms with Gasteiger partial charge in [0.05, 0.1) is 11.7 Å². The lowest BCUT2D eigenvalue weighted by Gasteiger charge is -2.52. The molecule has 2 saturated heterocycles. The molecule has 0 bridgehead atoms. The lowest BCUT2D eigenvalue weighted by molar-refractivity contribution is -0.166. The molecule has 192 valence electrons. The SMILES string of the molecule is CCCCN1C(=O)[C@@H]([C@H](O)C2CCCCC2)NC(=O)C12CCN(Cc1ccc(C(=O)O)cc1)CC2. The number of aliphatic hydroxyl groups excluding tert-OH is 1. The van der Waals surface area contributed by atoms with E-state index in [1.165, 1.54) is 6.42 Å². The van der Waals surface area contributed by atoms with Gasteiger partial charge in [-0.05, 0) is 55.7 Å². The summed E-state index contributed by atoms with van der Waals surface area (Å²) in [5.41, 5.74) is 0.424. The van der Waals surface area contributed by atoms with Crippen LogP contribution in [-0.4, -0.2) is 75.1 Å². The molecule has 3 N–H and O–H groups in total. The number of nitrogens with zero attached hydrogens (tertiary/aromatic N) is 2. The van der Waals surface area contributed by atoms with E-state index >= 15 is 0 Å². The number of hydrogen-bond acceptors (Lipinski definition) is 5. The number of unbranched alkanes of at least 4 members (excludes halogenated alkanes) is 1. The van der Waals surface area contributed by atoms with E-state index < -0.39 is 23.7 Å². The second kappa shape index (κ2) is 11.1. The van der Waals surface area contributed by atoms with Gasteiger partial charge >= 0.3 is 5.97 Å². The summed E-state index contributed by atoms with van der Waals surface area (Å²) in [5.74, 6) is -1.13. The van der Waals surface area contributed by atoms with Gasteiger partial charge in [0.25, 0.3) is 0 Å². The van der Waals surface area contributed by atoms with Crippen LogP contribution in [0.1, 0.15) is 80.6 Å². The third-order valence-electron chi connectivity index (χ3n) is 8.26. The average Bonchev–Trinajstić information content (AvgIpc) is 2.88. The van der Waals surface area contributed by atoms with Crippen LogP contribution in [0.5, 0.6) is 0 Å². The van der Waals surface area contributed by atoms with E-state index in [4.69, 9.17) is 5.11 Å². The highest BCUT2D eigenvalue weighted by Gasteiger charge is 2.55. The molecule has 2 aliphatic heterocycles. The number of benzene rings is 1. The van der Waals surface area contributed by atoms with Gasteiger partial charge in [-0.25, -0.2) is 4.79 Å². The van der Waals surface area contributed by atoms with Gasteiger partial charge in [-0.1, -0.05) is 44.7 Å². The Balaban J connectivity index is 1.45. The standard InChI is InChI=1S/C27H39N3O5/c1-2-3-15-30-24(32)22(23(31)20-7-5-4-6-8-20)28-26(35)27(30)13-16-29(17-14-27)18-19-9-11-21(12-10-19)25(33)34/h9-12,20,22-23,31H,2-8,13-18H2,1H3,(H,28,35)(H,33,34)/t22-,23-/m1/s1. The van der Waals surface area contributed by atoms with Crippen LogP contribution in [0.3, 0.4) is 0 Å². The number of carbonyl (C=O) groups is 3. The number of piperidine rings is 1. The van der Waals surface area contributed by atoms with Crippen molar-refractivity contribution in [1.29, 1.82) is 0 Å². The minimum absolute atomic E-state index is 0.0643. The molecule has 2 heterocycles. The average molecular weight is 486 g/mol. The largest absolute Gasteiger partial charge is 0.478 e. The van der Waals surface area contributed by atoms with Crippen molar-refractivity contribution in [2.75, 3.05) is 19.6 Å². The highest BCUT2D eigenvalue weighted by molar-refractivity contribution is 6.00. The van der Waals surface area contributed by atoms with Crippen LogP contribution in [0.15, 0.2) is 24.3 Å². The predicted octanol–water partition coefficient (Wildman–Crippen LogP) is 2.79. The van der Waals surface area contributed by atoms with Crippen molar-refractivity contribution >= 4 is 17.8 Å². The molecule has 0 unspecified atom stereocenters. The zero-order valence-corrected chi connectivity index (χ0v) is 20.7. The van der Waals surface area contributed by atoms with Crippen LogP contribution in [0, 0.1) is 5.92 Å². The Morgan fingerprint density at radius 1 is 1.11 bits per heavy atom. The number of carbonyl (C=O) groups excluding carboxylic acids is 2. The van der Waals surface area contributed by atoms with Crippen molar-refractivity contribution in [2.24, 2.45) is 5.92 Å². The van der Waals surface area contributed by atoms with E-state index in [9.17, 15) is 19.5 Å². The Morgan fingerprint density at radius 3 is 2.37 bits per heavy atom. The van der Waals surface area contributed by atoms with Crippen LogP contribution >= 0.6 is 0 Å². The first-order valence-corrected chi connectivity index (χ1v) is 13.2. The van der Waals surface area contributed by atoms with Gasteiger partial charge in [-0.15, -0.1) is 0 Å². The molecule has 1 saturated carbocycles. The van der Waals surface area contributed by atoms with Crippen molar-refractivity contribution < 1.29 is 24.6 Å². The van der Waals surface area contributed by atoms with Crippen LogP contribution in [0.4, 0.5) is 0 Å². The molecule has 35 heavy (non-hydrogen) atoms. The summed E-state index contributed by atoms with van der Waals surface area (Å²) in [5, 5.41) is 23.1. The maximum Gasteiger partial charge on any atom is 0.335 e. The first kappa shape index (κ1) is 25.6. The van der Waals surface area contributed by atoms with Crippen LogP contribution in [0.25, 0.3) is 0 Å². The number of amides is 2. The van der Waals surface area contributed by atoms with E-state index in [2.05, 4.69) is 17.1 Å². The number of rotatable bonds is 8. The fourth-order valence-corrected chi connectivity index (χ4v) is 6.05. The van der Waals surface area contributed by atoms with Crippen molar-refractivity contribution in [1.82, 2.24) is 15.1 Å². The van der Waals surface area contributed by atoms with Gasteiger partial charge in [-0.3, -0.25) is 14.5 Å². The summed E-state index contributed by atoms with van der Waals surface area (Å²) >= 11 is 0. The van der Waals surface area contributed by atoms with Gasteiger partial charge < -0.3 is 20.4 Å². The molecule has 0 radical (unpaired) electrons. The van der Waals surface area contributed by atoms with Gasteiger partial charge in [0.1, 0.15) is 11.6 Å². The molecule has 2 atom stereocenters. The van der Waals surface area contributed by atoms with E-state index in [1.54, 1.807) is 17.0 Å². The van der Waals surface area contributed by atoms with E-state index in [1.807, 2.05) is 12.1 Å². The highest BCUT2D eigenvalue weighted by atomic mass is 16.4. The quantitative estimate of drug-likeness (QED) is 0.522. The number of carboxylic acids is 1. The molecule has 1 spiro atoms. The lowest BCUT2D eigenvalue weighted by Crippen LogP contribution is -2.75. The van der Waals surface area contributed by atoms with E-state index in [-0.39, 0.29) is 23.3 Å². The maximum atomic E-state index is 13.7. The number of aromatic carboxylic acids is 1. The van der Waals surface area contributed by atoms with Crippen LogP contribution < -0.4 is 5.32 Å². The summed E-state index contributed by atoms with van der Waals surface area (Å²) in [4.78, 5) is 42.4. The zero-order chi connectivity index (χ0) is 25.0. The monoisotopic (exact) mass is 485 g/mol. The minimum atomic E-state index is -0.941. The fourth-order valence-electron chi connectivity index (χ4n) is 6.05. The van der Waals surface area contributed by atoms with Gasteiger partial charge in [0.15, 0.2) is 0 Å². The zero-order valence-electron chi connectivity index (χ0n) is 20.7. The third-order valence-corrected chi connectivity index (χ3v) is 8.26. The number of nitrogens with one attached hydrogen (secondary N) is 1. The minimum Gasteiger partial charge on any atom is -0.478 e. The molecular formula is C27H39N3O5. The summed E-state index contributed by atoms with van der Waals surface area (Å²) in [6.45, 7) is 4.62. The predicted molar refractivity (Wildman–Crippen MR) is 132 cm³/mol. The summed E-state index contributed by atoms with van der Waals surface area (Å²) in [6, 6.07) is 6.03. The third kappa shape index (κ3) is 5.38. The van der Waals surface area contributed by atoms with Gasteiger partial charge in [0.2, 0.25) is 11.8 Å². The van der Waals surface area contributed by atoms with Gasteiger partial charge in [-0.2, -0.15) is 0 Å². The molecule has 8 nitrogen and oxygen atoms in total. The summed E-state index contributed by atoms with van der Waals surface area (Å²) in [7, 11) is 0. The molecule has 3 aliphatic rings. The summed E-state index contributed by atoms with van der Waals surface area (Å²) in [6.07, 6.45) is 7.13. The molecule has 2 amide bonds. The molecule has 0 aromatic heterocycles. The van der Waals surface area contributed by atoms with Gasteiger partial charge in [0, 0.05) is 26.2 Å². The smallest absolute Gasteiger partial charge is 0.335 e. The normalized spacial score (nSPS) is 24.4. The second-order valence-corrected chi connectivity index (χ2v) is 10.5. The Bertz CT molecular complexity index is 904. The lowest BCUT2D eigenvalue weighted by atomic mass is 9.78. The van der Waals surface area contributed by atoms with Crippen molar-refractivity contribution in [3.05, 3.63) is 35.4 Å². The molecule has 3 fully saturated rings. The Morgan fingerprint density at radius 2 is 1.77 bits per heavy atom. The van der Waals surface area contributed by atoms with Crippen molar-refractivity contribution in [3.8, 4) is 0 Å². The van der Waals surface area contributed by atoms with Crippen LogP contribution in [0.2, 0.25) is 0 Å². The molecule has 1 aromatic rings. The molecule has 1 aromatic carbocycles. The topological polar surface area (TPSA) is 110 Å². The van der Waals surface area contributed by atoms with Crippen molar-refractivity contribution in [3.63, 3.8) is 0 Å². The van der Waals surface area contributed by atoms with Crippen molar-refractivity contribution in [2.45, 2.75) is 88.9 Å². The molecule has 1 aliphatic carbocycles.